The maximum absolute atomic E-state index is 3.86. The van der Waals surface area contributed by atoms with Gasteiger partial charge in [-0.05, 0) is 49.6 Å². The molecule has 2 saturated carbocycles. The lowest BCUT2D eigenvalue weighted by Crippen LogP contribution is -2.39. The molecular weight excluding hydrogens is 218 g/mol. The first-order chi connectivity index (χ1) is 8.90. The van der Waals surface area contributed by atoms with Crippen LogP contribution in [0.4, 0.5) is 0 Å². The van der Waals surface area contributed by atoms with E-state index < -0.39 is 0 Å². The first-order valence-electron chi connectivity index (χ1n) is 7.68. The first-order valence-corrected chi connectivity index (χ1v) is 7.68. The fourth-order valence-corrected chi connectivity index (χ4v) is 4.19. The Kier molecular flexibility index (Phi) is 3.69. The van der Waals surface area contributed by atoms with Gasteiger partial charge in [0.15, 0.2) is 0 Å². The van der Waals surface area contributed by atoms with E-state index in [2.05, 4.69) is 42.6 Å². The van der Waals surface area contributed by atoms with Crippen molar-refractivity contribution in [3.8, 4) is 0 Å². The third-order valence-electron chi connectivity index (χ3n) is 5.01. The Labute approximate surface area is 111 Å². The minimum absolute atomic E-state index is 0.748. The second-order valence-electron chi connectivity index (χ2n) is 6.10. The largest absolute Gasteiger partial charge is 0.313 e. The summed E-state index contributed by atoms with van der Waals surface area (Å²) in [6.45, 7) is 3.48. The SMILES string of the molecule is CCCCNC1C2CCC(C2)C1c1ccccc1. The summed E-state index contributed by atoms with van der Waals surface area (Å²) < 4.78 is 0. The van der Waals surface area contributed by atoms with Crippen LogP contribution in [-0.2, 0) is 0 Å². The van der Waals surface area contributed by atoms with Crippen molar-refractivity contribution in [3.05, 3.63) is 35.9 Å². The molecule has 3 rings (SSSR count). The van der Waals surface area contributed by atoms with E-state index >= 15 is 0 Å². The van der Waals surface area contributed by atoms with Gasteiger partial charge in [0.25, 0.3) is 0 Å². The minimum atomic E-state index is 0.748. The molecule has 1 aromatic rings. The average molecular weight is 243 g/mol. The first kappa shape index (κ1) is 12.2. The van der Waals surface area contributed by atoms with Gasteiger partial charge in [0, 0.05) is 12.0 Å². The van der Waals surface area contributed by atoms with E-state index in [1.165, 1.54) is 38.6 Å². The monoisotopic (exact) mass is 243 g/mol. The lowest BCUT2D eigenvalue weighted by Gasteiger charge is -2.32. The molecule has 1 aromatic carbocycles. The number of hydrogen-bond donors (Lipinski definition) is 1. The van der Waals surface area contributed by atoms with Crippen molar-refractivity contribution in [2.24, 2.45) is 11.8 Å². The van der Waals surface area contributed by atoms with Crippen LogP contribution in [-0.4, -0.2) is 12.6 Å². The van der Waals surface area contributed by atoms with Gasteiger partial charge in [0.05, 0.1) is 0 Å². The summed E-state index contributed by atoms with van der Waals surface area (Å²) >= 11 is 0. The molecule has 1 N–H and O–H groups in total. The number of rotatable bonds is 5. The molecule has 4 unspecified atom stereocenters. The summed E-state index contributed by atoms with van der Waals surface area (Å²) in [5, 5.41) is 3.86. The Bertz CT molecular complexity index is 372. The van der Waals surface area contributed by atoms with Crippen molar-refractivity contribution in [3.63, 3.8) is 0 Å². The summed E-state index contributed by atoms with van der Waals surface area (Å²) in [7, 11) is 0. The number of fused-ring (bicyclic) bond motifs is 2. The van der Waals surface area contributed by atoms with Crippen LogP contribution < -0.4 is 5.32 Å². The van der Waals surface area contributed by atoms with E-state index in [-0.39, 0.29) is 0 Å². The third-order valence-corrected chi connectivity index (χ3v) is 5.01. The number of unbranched alkanes of at least 4 members (excludes halogenated alkanes) is 1. The van der Waals surface area contributed by atoms with Crippen LogP contribution in [0, 0.1) is 11.8 Å². The van der Waals surface area contributed by atoms with Gasteiger partial charge in [0.2, 0.25) is 0 Å². The lowest BCUT2D eigenvalue weighted by molar-refractivity contribution is 0.309. The van der Waals surface area contributed by atoms with Gasteiger partial charge in [0.1, 0.15) is 0 Å². The molecule has 0 saturated heterocycles. The second-order valence-corrected chi connectivity index (χ2v) is 6.10. The van der Waals surface area contributed by atoms with Gasteiger partial charge in [-0.15, -0.1) is 0 Å². The van der Waals surface area contributed by atoms with Gasteiger partial charge < -0.3 is 5.32 Å². The highest BCUT2D eigenvalue weighted by molar-refractivity contribution is 5.26. The lowest BCUT2D eigenvalue weighted by atomic mass is 9.80. The molecule has 0 spiro atoms. The number of hydrogen-bond acceptors (Lipinski definition) is 1. The highest BCUT2D eigenvalue weighted by Gasteiger charge is 2.47. The van der Waals surface area contributed by atoms with Crippen LogP contribution in [0.1, 0.15) is 50.5 Å². The molecule has 2 aliphatic rings. The van der Waals surface area contributed by atoms with E-state index in [4.69, 9.17) is 0 Å². The molecule has 0 aliphatic heterocycles. The predicted octanol–water partition coefficient (Wildman–Crippen LogP) is 3.96. The van der Waals surface area contributed by atoms with Gasteiger partial charge in [-0.2, -0.15) is 0 Å². The van der Waals surface area contributed by atoms with E-state index in [9.17, 15) is 0 Å². The smallest absolute Gasteiger partial charge is 0.0167 e. The Hall–Kier alpha value is -0.820. The molecule has 0 amide bonds. The Morgan fingerprint density at radius 2 is 1.89 bits per heavy atom. The Morgan fingerprint density at radius 3 is 2.67 bits per heavy atom. The van der Waals surface area contributed by atoms with Gasteiger partial charge >= 0.3 is 0 Å². The van der Waals surface area contributed by atoms with Gasteiger partial charge in [-0.1, -0.05) is 43.7 Å². The molecule has 98 valence electrons. The van der Waals surface area contributed by atoms with Crippen molar-refractivity contribution >= 4 is 0 Å². The number of benzene rings is 1. The predicted molar refractivity (Wildman–Crippen MR) is 76.7 cm³/mol. The number of nitrogens with one attached hydrogen (secondary N) is 1. The van der Waals surface area contributed by atoms with Crippen molar-refractivity contribution in [2.45, 2.75) is 51.0 Å². The molecule has 0 aromatic heterocycles. The summed E-state index contributed by atoms with van der Waals surface area (Å²) in [5.41, 5.74) is 1.57. The summed E-state index contributed by atoms with van der Waals surface area (Å²) in [5.74, 6) is 2.66. The Balaban J connectivity index is 1.74. The molecular formula is C17H25N. The second kappa shape index (κ2) is 5.44. The van der Waals surface area contributed by atoms with E-state index in [1.807, 2.05) is 0 Å². The van der Waals surface area contributed by atoms with Gasteiger partial charge in [-0.3, -0.25) is 0 Å². The molecule has 2 aliphatic carbocycles. The maximum atomic E-state index is 3.86. The zero-order valence-corrected chi connectivity index (χ0v) is 11.4. The van der Waals surface area contributed by atoms with Crippen LogP contribution in [0.2, 0.25) is 0 Å². The van der Waals surface area contributed by atoms with Crippen LogP contribution in [0.25, 0.3) is 0 Å². The van der Waals surface area contributed by atoms with Crippen molar-refractivity contribution in [1.82, 2.24) is 5.32 Å². The fraction of sp³-hybridized carbons (Fsp3) is 0.647. The highest BCUT2D eigenvalue weighted by Crippen LogP contribution is 2.52. The normalized spacial score (nSPS) is 34.1. The van der Waals surface area contributed by atoms with Crippen LogP contribution in [0.5, 0.6) is 0 Å². The van der Waals surface area contributed by atoms with Crippen molar-refractivity contribution in [2.75, 3.05) is 6.54 Å². The Morgan fingerprint density at radius 1 is 1.11 bits per heavy atom. The summed E-state index contributed by atoms with van der Waals surface area (Å²) in [4.78, 5) is 0. The third kappa shape index (κ3) is 2.21. The summed E-state index contributed by atoms with van der Waals surface area (Å²) in [6, 6.07) is 11.9. The molecule has 1 nitrogen and oxygen atoms in total. The van der Waals surface area contributed by atoms with Crippen molar-refractivity contribution in [1.29, 1.82) is 0 Å². The van der Waals surface area contributed by atoms with E-state index in [0.29, 0.717) is 0 Å². The van der Waals surface area contributed by atoms with Crippen LogP contribution >= 0.6 is 0 Å². The molecule has 2 bridgehead atoms. The fourth-order valence-electron chi connectivity index (χ4n) is 4.19. The van der Waals surface area contributed by atoms with Gasteiger partial charge in [-0.25, -0.2) is 0 Å². The van der Waals surface area contributed by atoms with Crippen molar-refractivity contribution < 1.29 is 0 Å². The van der Waals surface area contributed by atoms with Crippen LogP contribution in [0.3, 0.4) is 0 Å². The quantitative estimate of drug-likeness (QED) is 0.772. The highest BCUT2D eigenvalue weighted by atomic mass is 14.9. The molecule has 0 radical (unpaired) electrons. The average Bonchev–Trinajstić information content (AvgIpc) is 3.01. The molecule has 1 heteroatoms. The maximum Gasteiger partial charge on any atom is 0.0167 e. The molecule has 18 heavy (non-hydrogen) atoms. The molecule has 0 heterocycles. The summed E-state index contributed by atoms with van der Waals surface area (Å²) in [6.07, 6.45) is 6.98. The molecule has 4 atom stereocenters. The van der Waals surface area contributed by atoms with Crippen LogP contribution in [0.15, 0.2) is 30.3 Å². The van der Waals surface area contributed by atoms with E-state index in [0.717, 1.165) is 23.8 Å². The van der Waals surface area contributed by atoms with E-state index in [1.54, 1.807) is 5.56 Å². The standard InChI is InChI=1S/C17H25N/c1-2-3-11-18-17-15-10-9-14(12-15)16(17)13-7-5-4-6-8-13/h4-8,14-18H,2-3,9-12H2,1H3. The molecule has 2 fully saturated rings. The minimum Gasteiger partial charge on any atom is -0.313 e. The zero-order chi connectivity index (χ0) is 12.4. The topological polar surface area (TPSA) is 12.0 Å². The zero-order valence-electron chi connectivity index (χ0n) is 11.4.